The molecular weight excluding hydrogens is 450 g/mol. The van der Waals surface area contributed by atoms with E-state index in [1.165, 1.54) is 47.9 Å². The highest BCUT2D eigenvalue weighted by molar-refractivity contribution is 5.35. The van der Waals surface area contributed by atoms with Gasteiger partial charge in [-0.3, -0.25) is 0 Å². The Labute approximate surface area is 213 Å². The van der Waals surface area contributed by atoms with Gasteiger partial charge >= 0.3 is 0 Å². The van der Waals surface area contributed by atoms with Crippen molar-refractivity contribution in [3.05, 3.63) is 90.3 Å². The molecule has 2 aromatic carbocycles. The first-order valence-corrected chi connectivity index (χ1v) is 13.1. The predicted octanol–water partition coefficient (Wildman–Crippen LogP) is 5.33. The van der Waals surface area contributed by atoms with Crippen LogP contribution in [0.1, 0.15) is 55.8 Å². The summed E-state index contributed by atoms with van der Waals surface area (Å²) in [5.74, 6) is 0.597. The lowest BCUT2D eigenvalue weighted by Gasteiger charge is -2.34. The highest BCUT2D eigenvalue weighted by atomic mass is 16.5. The number of likely N-dealkylation sites (tertiary alicyclic amines) is 1. The van der Waals surface area contributed by atoms with Crippen molar-refractivity contribution in [3.8, 4) is 5.88 Å². The summed E-state index contributed by atoms with van der Waals surface area (Å²) in [5.41, 5.74) is 3.18. The summed E-state index contributed by atoms with van der Waals surface area (Å²) in [5, 5.41) is 8.33. The highest BCUT2D eigenvalue weighted by Gasteiger charge is 2.24. The molecule has 7 nitrogen and oxygen atoms in total. The van der Waals surface area contributed by atoms with Crippen LogP contribution in [-0.4, -0.2) is 57.1 Å². The molecule has 7 heteroatoms. The predicted molar refractivity (Wildman–Crippen MR) is 140 cm³/mol. The van der Waals surface area contributed by atoms with Gasteiger partial charge in [0.1, 0.15) is 12.4 Å². The smallest absolute Gasteiger partial charge is 0.233 e. The van der Waals surface area contributed by atoms with Crippen molar-refractivity contribution in [2.45, 2.75) is 50.7 Å². The summed E-state index contributed by atoms with van der Waals surface area (Å²) in [6.45, 7) is 4.07. The Morgan fingerprint density at radius 3 is 2.22 bits per heavy atom. The van der Waals surface area contributed by atoms with Crippen molar-refractivity contribution in [2.24, 2.45) is 0 Å². The van der Waals surface area contributed by atoms with Crippen molar-refractivity contribution in [3.63, 3.8) is 0 Å². The van der Waals surface area contributed by atoms with Crippen LogP contribution in [0.15, 0.2) is 79.1 Å². The van der Waals surface area contributed by atoms with Crippen molar-refractivity contribution in [2.75, 3.05) is 26.2 Å². The van der Waals surface area contributed by atoms with E-state index in [-0.39, 0.29) is 6.10 Å². The quantitative estimate of drug-likeness (QED) is 0.253. The van der Waals surface area contributed by atoms with Crippen LogP contribution in [0, 0.1) is 0 Å². The zero-order chi connectivity index (χ0) is 24.4. The second-order valence-electron chi connectivity index (χ2n) is 9.42. The van der Waals surface area contributed by atoms with Gasteiger partial charge in [0.2, 0.25) is 5.88 Å². The zero-order valence-corrected chi connectivity index (χ0v) is 20.8. The molecule has 188 valence electrons. The monoisotopic (exact) mass is 485 g/mol. The average Bonchev–Trinajstić information content (AvgIpc) is 3.41. The van der Waals surface area contributed by atoms with Gasteiger partial charge in [-0.2, -0.15) is 0 Å². The van der Waals surface area contributed by atoms with E-state index in [9.17, 15) is 0 Å². The number of rotatable bonds is 12. The maximum Gasteiger partial charge on any atom is 0.233 e. The first-order valence-electron chi connectivity index (χ1n) is 13.1. The molecule has 0 atom stereocenters. The van der Waals surface area contributed by atoms with E-state index in [0.717, 1.165) is 38.0 Å². The summed E-state index contributed by atoms with van der Waals surface area (Å²) in [6.07, 6.45) is 8.63. The molecule has 0 radical (unpaired) electrons. The van der Waals surface area contributed by atoms with Crippen LogP contribution in [0.4, 0.5) is 0 Å². The normalized spacial score (nSPS) is 15.0. The van der Waals surface area contributed by atoms with Crippen LogP contribution in [0.5, 0.6) is 5.88 Å². The van der Waals surface area contributed by atoms with Gasteiger partial charge in [0.15, 0.2) is 5.65 Å². The molecule has 0 spiro atoms. The number of piperidine rings is 1. The molecule has 0 aliphatic carbocycles. The Bertz CT molecular complexity index is 1140. The highest BCUT2D eigenvalue weighted by Crippen LogP contribution is 2.30. The van der Waals surface area contributed by atoms with Gasteiger partial charge in [-0.15, -0.1) is 14.8 Å². The number of unbranched alkanes of at least 4 members (excludes halogenated alkanes) is 3. The van der Waals surface area contributed by atoms with E-state index >= 15 is 0 Å². The third-order valence-corrected chi connectivity index (χ3v) is 6.81. The van der Waals surface area contributed by atoms with Gasteiger partial charge in [0, 0.05) is 19.2 Å². The van der Waals surface area contributed by atoms with E-state index in [2.05, 4.69) is 80.7 Å². The third-order valence-electron chi connectivity index (χ3n) is 6.81. The van der Waals surface area contributed by atoms with Crippen molar-refractivity contribution >= 4 is 5.65 Å². The van der Waals surface area contributed by atoms with E-state index in [1.807, 2.05) is 12.1 Å². The van der Waals surface area contributed by atoms with Crippen LogP contribution in [-0.2, 0) is 4.74 Å². The van der Waals surface area contributed by atoms with Crippen LogP contribution >= 0.6 is 0 Å². The number of hydrogen-bond acceptors (Lipinski definition) is 6. The number of fused-ring (bicyclic) bond motifs is 1. The van der Waals surface area contributed by atoms with Crippen molar-refractivity contribution in [1.29, 1.82) is 0 Å². The Balaban J connectivity index is 0.980. The number of benzene rings is 2. The van der Waals surface area contributed by atoms with Crippen molar-refractivity contribution < 1.29 is 9.47 Å². The molecule has 36 heavy (non-hydrogen) atoms. The lowest BCUT2D eigenvalue weighted by Crippen LogP contribution is -2.38. The molecule has 0 saturated carbocycles. The fourth-order valence-corrected chi connectivity index (χ4v) is 4.82. The Kier molecular flexibility index (Phi) is 8.55. The molecule has 5 rings (SSSR count). The van der Waals surface area contributed by atoms with Crippen molar-refractivity contribution in [1.82, 2.24) is 24.7 Å². The van der Waals surface area contributed by atoms with Crippen LogP contribution in [0.2, 0.25) is 0 Å². The Hall–Kier alpha value is -3.29. The second kappa shape index (κ2) is 12.6. The second-order valence-corrected chi connectivity index (χ2v) is 9.42. The molecule has 3 heterocycles. The largest absolute Gasteiger partial charge is 0.477 e. The zero-order valence-electron chi connectivity index (χ0n) is 20.8. The molecule has 1 aliphatic rings. The molecule has 1 aliphatic heterocycles. The Morgan fingerprint density at radius 1 is 0.806 bits per heavy atom. The van der Waals surface area contributed by atoms with Gasteiger partial charge in [0.05, 0.1) is 12.7 Å². The number of hydrogen-bond donors (Lipinski definition) is 0. The molecule has 0 bridgehead atoms. The fraction of sp³-hybridized carbons (Fsp3) is 0.414. The maximum atomic E-state index is 6.68. The minimum atomic E-state index is -0.000468. The SMILES string of the molecule is c1ccc(C(OC2CCN(CCCCCCOc3ccc4ncnn4n3)CC2)c2ccccc2)cc1. The van der Waals surface area contributed by atoms with E-state index in [1.54, 1.807) is 0 Å². The molecule has 4 aromatic rings. The maximum absolute atomic E-state index is 6.68. The summed E-state index contributed by atoms with van der Waals surface area (Å²) in [7, 11) is 0. The molecule has 0 N–H and O–H groups in total. The standard InChI is InChI=1S/C29H35N5O2/c1(2-10-22-35-28-16-15-27-30-23-31-34(27)32-28)9-19-33-20-17-26(18-21-33)36-29(24-11-5-3-6-12-24)25-13-7-4-8-14-25/h3-8,11-16,23,26,29H,1-2,9-10,17-22H2. The fourth-order valence-electron chi connectivity index (χ4n) is 4.82. The topological polar surface area (TPSA) is 64.8 Å². The number of ether oxygens (including phenoxy) is 2. The molecule has 1 saturated heterocycles. The summed E-state index contributed by atoms with van der Waals surface area (Å²) < 4.78 is 13.9. The van der Waals surface area contributed by atoms with Crippen LogP contribution in [0.3, 0.4) is 0 Å². The Morgan fingerprint density at radius 2 is 1.50 bits per heavy atom. The van der Waals surface area contributed by atoms with E-state index in [4.69, 9.17) is 9.47 Å². The molecule has 2 aromatic heterocycles. The first-order chi connectivity index (χ1) is 17.8. The molecule has 0 amide bonds. The molecule has 0 unspecified atom stereocenters. The minimum absolute atomic E-state index is 0.000468. The first kappa shape index (κ1) is 24.4. The van der Waals surface area contributed by atoms with Gasteiger partial charge < -0.3 is 14.4 Å². The van der Waals surface area contributed by atoms with Gasteiger partial charge in [0.25, 0.3) is 0 Å². The lowest BCUT2D eigenvalue weighted by molar-refractivity contribution is -0.0271. The van der Waals surface area contributed by atoms with Crippen LogP contribution in [0.25, 0.3) is 5.65 Å². The van der Waals surface area contributed by atoms with Gasteiger partial charge in [-0.05, 0) is 49.4 Å². The number of nitrogens with zero attached hydrogens (tertiary/aromatic N) is 5. The van der Waals surface area contributed by atoms with E-state index in [0.29, 0.717) is 18.6 Å². The van der Waals surface area contributed by atoms with Crippen LogP contribution < -0.4 is 4.74 Å². The summed E-state index contributed by atoms with van der Waals surface area (Å²) >= 11 is 0. The third kappa shape index (κ3) is 6.68. The minimum Gasteiger partial charge on any atom is -0.477 e. The summed E-state index contributed by atoms with van der Waals surface area (Å²) in [4.78, 5) is 6.68. The van der Waals surface area contributed by atoms with E-state index < -0.39 is 0 Å². The number of aromatic nitrogens is 4. The molecule has 1 fully saturated rings. The average molecular weight is 486 g/mol. The summed E-state index contributed by atoms with van der Waals surface area (Å²) in [6, 6.07) is 24.9. The molecular formula is C29H35N5O2. The van der Waals surface area contributed by atoms with Gasteiger partial charge in [-0.1, -0.05) is 73.5 Å². The lowest BCUT2D eigenvalue weighted by atomic mass is 10.00. The van der Waals surface area contributed by atoms with Gasteiger partial charge in [-0.25, -0.2) is 4.98 Å².